The summed E-state index contributed by atoms with van der Waals surface area (Å²) >= 11 is 0. The lowest BCUT2D eigenvalue weighted by Crippen LogP contribution is -2.38. The van der Waals surface area contributed by atoms with Gasteiger partial charge < -0.3 is 20.1 Å². The van der Waals surface area contributed by atoms with Crippen LogP contribution in [-0.2, 0) is 33.7 Å². The largest absolute Gasteiger partial charge is 0.444 e. The van der Waals surface area contributed by atoms with Gasteiger partial charge in [-0.05, 0) is 70.1 Å². The van der Waals surface area contributed by atoms with Gasteiger partial charge in [0.1, 0.15) is 5.60 Å². The van der Waals surface area contributed by atoms with Crippen molar-refractivity contribution in [3.8, 4) is 0 Å². The molecule has 0 heterocycles. The number of amides is 2. The van der Waals surface area contributed by atoms with Crippen LogP contribution < -0.4 is 5.73 Å². The van der Waals surface area contributed by atoms with Crippen molar-refractivity contribution < 1.29 is 19.1 Å². The third-order valence-electron chi connectivity index (χ3n) is 4.87. The summed E-state index contributed by atoms with van der Waals surface area (Å²) in [6.07, 6.45) is 5.25. The van der Waals surface area contributed by atoms with Gasteiger partial charge in [-0.1, -0.05) is 54.6 Å². The van der Waals surface area contributed by atoms with Crippen LogP contribution in [0.25, 0.3) is 0 Å². The molecule has 1 aliphatic rings. The highest BCUT2D eigenvalue weighted by Crippen LogP contribution is 2.19. The van der Waals surface area contributed by atoms with Gasteiger partial charge in [0.25, 0.3) is 0 Å². The van der Waals surface area contributed by atoms with E-state index in [0.717, 1.165) is 5.56 Å². The minimum atomic E-state index is -0.473. The molecule has 1 aliphatic carbocycles. The molecule has 3 rings (SSSR count). The quantitative estimate of drug-likeness (QED) is 0.633. The molecule has 1 atom stereocenters. The number of benzene rings is 2. The Kier molecular flexibility index (Phi) is 12.9. The Morgan fingerprint density at radius 2 is 1.52 bits per heavy atom. The van der Waals surface area contributed by atoms with Crippen molar-refractivity contribution in [1.29, 1.82) is 0 Å². The van der Waals surface area contributed by atoms with Gasteiger partial charge in [-0.25, -0.2) is 4.79 Å². The Labute approximate surface area is 199 Å². The van der Waals surface area contributed by atoms with E-state index in [9.17, 15) is 4.79 Å². The number of primary amides is 1. The first kappa shape index (κ1) is 28.2. The molecule has 0 fully saturated rings. The standard InChI is InChI=1S/C16H25NO3.C10H12.CH3NO/c1-13(19-12-14-9-7-6-8-10-14)11-17(5)15(18)20-16(2,3)4;1-2-6-10-8-4-3-7-9(10)5-1;2-1-3/h6-10,13H,11-12H2,1-5H3;1-2,5-6H,3-4,7-8H2;1H,(H2,2,3). The molecular formula is C27H40N2O4. The van der Waals surface area contributed by atoms with Crippen LogP contribution in [0.3, 0.4) is 0 Å². The second-order valence-electron chi connectivity index (χ2n) is 9.08. The van der Waals surface area contributed by atoms with Crippen LogP contribution in [-0.4, -0.2) is 42.7 Å². The monoisotopic (exact) mass is 456 g/mol. The molecule has 1 unspecified atom stereocenters. The molecule has 182 valence electrons. The molecule has 2 aromatic carbocycles. The molecule has 2 N–H and O–H groups in total. The topological polar surface area (TPSA) is 81.9 Å². The highest BCUT2D eigenvalue weighted by Gasteiger charge is 2.20. The molecule has 6 heteroatoms. The third kappa shape index (κ3) is 12.7. The van der Waals surface area contributed by atoms with E-state index in [-0.39, 0.29) is 18.6 Å². The van der Waals surface area contributed by atoms with E-state index in [2.05, 4.69) is 30.0 Å². The van der Waals surface area contributed by atoms with Crippen molar-refractivity contribution >= 4 is 12.5 Å². The molecule has 0 radical (unpaired) electrons. The van der Waals surface area contributed by atoms with Crippen LogP contribution in [0.5, 0.6) is 0 Å². The number of ether oxygens (including phenoxy) is 2. The fraction of sp³-hybridized carbons (Fsp3) is 0.481. The van der Waals surface area contributed by atoms with Crippen LogP contribution in [0.4, 0.5) is 4.79 Å². The summed E-state index contributed by atoms with van der Waals surface area (Å²) in [7, 11) is 1.72. The predicted octanol–water partition coefficient (Wildman–Crippen LogP) is 5.13. The Morgan fingerprint density at radius 1 is 1.03 bits per heavy atom. The Balaban J connectivity index is 0.000000344. The molecule has 0 aliphatic heterocycles. The average molecular weight is 457 g/mol. The molecule has 6 nitrogen and oxygen atoms in total. The molecule has 33 heavy (non-hydrogen) atoms. The number of fused-ring (bicyclic) bond motifs is 1. The van der Waals surface area contributed by atoms with Gasteiger partial charge in [0.05, 0.1) is 12.7 Å². The van der Waals surface area contributed by atoms with Gasteiger partial charge in [0.2, 0.25) is 6.41 Å². The number of hydrogen-bond donors (Lipinski definition) is 1. The molecular weight excluding hydrogens is 416 g/mol. The highest BCUT2D eigenvalue weighted by molar-refractivity contribution is 5.67. The number of carbonyl (C=O) groups excluding carboxylic acids is 2. The molecule has 0 spiro atoms. The summed E-state index contributed by atoms with van der Waals surface area (Å²) in [4.78, 5) is 21.9. The SMILES string of the molecule is CC(CN(C)C(=O)OC(C)(C)C)OCc1ccccc1.NC=O.c1ccc2c(c1)CCCC2. The van der Waals surface area contributed by atoms with Crippen molar-refractivity contribution in [3.63, 3.8) is 0 Å². The van der Waals surface area contributed by atoms with Crippen molar-refractivity contribution in [1.82, 2.24) is 4.90 Å². The molecule has 0 saturated heterocycles. The second kappa shape index (κ2) is 15.1. The van der Waals surface area contributed by atoms with Gasteiger partial charge in [0.15, 0.2) is 0 Å². The summed E-state index contributed by atoms with van der Waals surface area (Å²) in [5.74, 6) is 0. The van der Waals surface area contributed by atoms with Gasteiger partial charge >= 0.3 is 6.09 Å². The third-order valence-corrected chi connectivity index (χ3v) is 4.87. The first-order chi connectivity index (χ1) is 15.7. The number of aryl methyl sites for hydroxylation is 2. The second-order valence-corrected chi connectivity index (χ2v) is 9.08. The molecule has 2 amide bonds. The lowest BCUT2D eigenvalue weighted by atomic mass is 9.92. The number of nitrogens with two attached hydrogens (primary N) is 1. The van der Waals surface area contributed by atoms with E-state index in [4.69, 9.17) is 14.3 Å². The van der Waals surface area contributed by atoms with Crippen LogP contribution >= 0.6 is 0 Å². The summed E-state index contributed by atoms with van der Waals surface area (Å²) in [5, 5.41) is 0. The van der Waals surface area contributed by atoms with Crippen LogP contribution in [0, 0.1) is 0 Å². The summed E-state index contributed by atoms with van der Waals surface area (Å²) < 4.78 is 11.0. The summed E-state index contributed by atoms with van der Waals surface area (Å²) in [6, 6.07) is 18.8. The number of nitrogens with zero attached hydrogens (tertiary/aromatic N) is 1. The van der Waals surface area contributed by atoms with Crippen molar-refractivity contribution in [3.05, 3.63) is 71.3 Å². The van der Waals surface area contributed by atoms with Gasteiger partial charge in [-0.2, -0.15) is 0 Å². The Bertz CT molecular complexity index is 793. The zero-order valence-electron chi connectivity index (χ0n) is 20.8. The number of hydrogen-bond acceptors (Lipinski definition) is 4. The van der Waals surface area contributed by atoms with E-state index in [1.807, 2.05) is 58.0 Å². The molecule has 0 saturated carbocycles. The van der Waals surface area contributed by atoms with E-state index in [0.29, 0.717) is 13.2 Å². The summed E-state index contributed by atoms with van der Waals surface area (Å²) in [6.45, 7) is 8.56. The van der Waals surface area contributed by atoms with E-state index >= 15 is 0 Å². The number of likely N-dealkylation sites (N-methyl/N-ethyl adjacent to an activating group) is 1. The lowest BCUT2D eigenvalue weighted by molar-refractivity contribution is -0.106. The first-order valence-electron chi connectivity index (χ1n) is 11.5. The van der Waals surface area contributed by atoms with Crippen LogP contribution in [0.2, 0.25) is 0 Å². The highest BCUT2D eigenvalue weighted by atomic mass is 16.6. The van der Waals surface area contributed by atoms with Crippen LogP contribution in [0.15, 0.2) is 54.6 Å². The maximum absolute atomic E-state index is 11.8. The molecule has 0 aromatic heterocycles. The maximum Gasteiger partial charge on any atom is 0.410 e. The predicted molar refractivity (Wildman–Crippen MR) is 133 cm³/mol. The number of rotatable bonds is 5. The lowest BCUT2D eigenvalue weighted by Gasteiger charge is -2.26. The average Bonchev–Trinajstić information content (AvgIpc) is 2.78. The van der Waals surface area contributed by atoms with E-state index in [1.54, 1.807) is 23.1 Å². The van der Waals surface area contributed by atoms with Gasteiger partial charge in [-0.3, -0.25) is 4.79 Å². The van der Waals surface area contributed by atoms with Crippen molar-refractivity contribution in [2.75, 3.05) is 13.6 Å². The zero-order chi connectivity index (χ0) is 24.7. The normalized spacial score (nSPS) is 13.1. The van der Waals surface area contributed by atoms with Crippen molar-refractivity contribution in [2.45, 2.75) is 71.7 Å². The molecule has 0 bridgehead atoms. The van der Waals surface area contributed by atoms with E-state index < -0.39 is 5.60 Å². The number of carbonyl (C=O) groups is 2. The smallest absolute Gasteiger partial charge is 0.410 e. The first-order valence-corrected chi connectivity index (χ1v) is 11.5. The van der Waals surface area contributed by atoms with Gasteiger partial charge in [0, 0.05) is 13.6 Å². The zero-order valence-corrected chi connectivity index (χ0v) is 20.8. The van der Waals surface area contributed by atoms with Crippen LogP contribution in [0.1, 0.15) is 57.2 Å². The minimum Gasteiger partial charge on any atom is -0.444 e. The fourth-order valence-corrected chi connectivity index (χ4v) is 3.34. The summed E-state index contributed by atoms with van der Waals surface area (Å²) in [5.41, 5.74) is 7.97. The van der Waals surface area contributed by atoms with Gasteiger partial charge in [-0.15, -0.1) is 0 Å². The Hall–Kier alpha value is -2.86. The Morgan fingerprint density at radius 3 is 2.00 bits per heavy atom. The van der Waals surface area contributed by atoms with Crippen molar-refractivity contribution in [2.24, 2.45) is 5.73 Å². The minimum absolute atomic E-state index is 0.0484. The maximum atomic E-state index is 11.8. The fourth-order valence-electron chi connectivity index (χ4n) is 3.34. The molecule has 2 aromatic rings. The van der Waals surface area contributed by atoms with E-state index in [1.165, 1.54) is 25.7 Å².